The molecule has 0 heterocycles. The molecule has 1 heteroatoms. The fourth-order valence-electron chi connectivity index (χ4n) is 2.18. The minimum Gasteiger partial charge on any atom is -0.146 e. The smallest absolute Gasteiger partial charge is 0.146 e. The van der Waals surface area contributed by atoms with E-state index in [0.29, 0.717) is 0 Å². The van der Waals surface area contributed by atoms with Gasteiger partial charge in [0, 0.05) is 0 Å². The molecule has 1 atom stereocenters. The molecule has 0 saturated carbocycles. The van der Waals surface area contributed by atoms with Crippen LogP contribution in [0.2, 0.25) is 9.10 Å². The highest BCUT2D eigenvalue weighted by Crippen LogP contribution is 2.21. The molecular weight excluding hydrogens is 204 g/mol. The lowest BCUT2D eigenvalue weighted by atomic mass is 9.97. The lowest BCUT2D eigenvalue weighted by molar-refractivity contribution is 0.662. The van der Waals surface area contributed by atoms with Gasteiger partial charge in [-0.25, -0.2) is 0 Å². The van der Waals surface area contributed by atoms with E-state index in [9.17, 15) is 0 Å². The van der Waals surface area contributed by atoms with Crippen molar-refractivity contribution >= 4 is 20.4 Å². The maximum Gasteiger partial charge on any atom is 0.364 e. The van der Waals surface area contributed by atoms with E-state index in [1.54, 1.807) is 9.10 Å². The van der Waals surface area contributed by atoms with Gasteiger partial charge in [-0.15, -0.1) is 9.10 Å². The van der Waals surface area contributed by atoms with Gasteiger partial charge < -0.3 is 0 Å². The summed E-state index contributed by atoms with van der Waals surface area (Å²) in [6, 6.07) is 10.9. The Morgan fingerprint density at radius 2 is 1.75 bits per heavy atom. The summed E-state index contributed by atoms with van der Waals surface area (Å²) >= 11 is 0.278. The van der Waals surface area contributed by atoms with E-state index in [-0.39, 0.29) is 20.4 Å². The van der Waals surface area contributed by atoms with Crippen molar-refractivity contribution in [3.05, 3.63) is 35.9 Å². The Morgan fingerprint density at radius 3 is 2.44 bits per heavy atom. The van der Waals surface area contributed by atoms with Gasteiger partial charge in [0.05, 0.1) is 0 Å². The van der Waals surface area contributed by atoms with Gasteiger partial charge in [-0.05, 0) is 17.9 Å². The third-order valence-electron chi connectivity index (χ3n) is 3.36. The van der Waals surface area contributed by atoms with Gasteiger partial charge in [-0.1, -0.05) is 63.4 Å². The molecule has 0 aliphatic rings. The molecule has 1 rings (SSSR count). The molecule has 1 aromatic rings. The Labute approximate surface area is 111 Å². The average Bonchev–Trinajstić information content (AvgIpc) is 2.34. The molecular formula is C15H24Mg. The van der Waals surface area contributed by atoms with Crippen molar-refractivity contribution in [3.63, 3.8) is 0 Å². The van der Waals surface area contributed by atoms with E-state index in [0.717, 1.165) is 5.92 Å². The monoisotopic (exact) mass is 228 g/mol. The van der Waals surface area contributed by atoms with Crippen LogP contribution in [0.3, 0.4) is 0 Å². The van der Waals surface area contributed by atoms with E-state index in [1.807, 2.05) is 0 Å². The minimum atomic E-state index is 0.278. The molecule has 86 valence electrons. The number of hydrogen-bond donors (Lipinski definition) is 0. The second-order valence-corrected chi connectivity index (χ2v) is 6.99. The number of unbranched alkanes of at least 4 members (excludes halogenated alkanes) is 1. The van der Waals surface area contributed by atoms with Crippen LogP contribution in [0.5, 0.6) is 0 Å². The average molecular weight is 229 g/mol. The molecule has 1 unspecified atom stereocenters. The Hall–Kier alpha value is -0.0138. The van der Waals surface area contributed by atoms with Gasteiger partial charge in [0.2, 0.25) is 0 Å². The Kier molecular flexibility index (Phi) is 7.96. The minimum absolute atomic E-state index is 0.278. The summed E-state index contributed by atoms with van der Waals surface area (Å²) in [6.45, 7) is 4.66. The van der Waals surface area contributed by atoms with Crippen molar-refractivity contribution < 1.29 is 0 Å². The first-order chi connectivity index (χ1) is 7.84. The van der Waals surface area contributed by atoms with Crippen molar-refractivity contribution in [2.24, 2.45) is 0 Å². The number of benzene rings is 1. The third-order valence-corrected chi connectivity index (χ3v) is 5.36. The lowest BCUT2D eigenvalue weighted by Gasteiger charge is -2.11. The quantitative estimate of drug-likeness (QED) is 0.438. The van der Waals surface area contributed by atoms with Crippen LogP contribution >= 0.6 is 0 Å². The van der Waals surface area contributed by atoms with Crippen molar-refractivity contribution in [1.29, 1.82) is 0 Å². The van der Waals surface area contributed by atoms with Crippen LogP contribution in [-0.4, -0.2) is 20.4 Å². The second kappa shape index (κ2) is 9.06. The predicted octanol–water partition coefficient (Wildman–Crippen LogP) is 4.91. The molecule has 0 radical (unpaired) electrons. The van der Waals surface area contributed by atoms with E-state index in [1.165, 1.54) is 31.2 Å². The SMILES string of the molecule is CCC[CH2][Mg][CH2]CCC(C)c1ccccc1. The van der Waals surface area contributed by atoms with Crippen molar-refractivity contribution in [3.8, 4) is 0 Å². The zero-order valence-electron chi connectivity index (χ0n) is 10.9. The van der Waals surface area contributed by atoms with Gasteiger partial charge in [0.15, 0.2) is 0 Å². The van der Waals surface area contributed by atoms with E-state index in [4.69, 9.17) is 0 Å². The Balaban J connectivity index is 2.09. The highest BCUT2D eigenvalue weighted by Gasteiger charge is 2.04. The van der Waals surface area contributed by atoms with E-state index in [2.05, 4.69) is 44.2 Å². The van der Waals surface area contributed by atoms with Crippen LogP contribution in [0.15, 0.2) is 30.3 Å². The lowest BCUT2D eigenvalue weighted by Crippen LogP contribution is -1.95. The molecule has 0 nitrogen and oxygen atoms in total. The first-order valence-corrected chi connectivity index (χ1v) is 8.89. The molecule has 0 amide bonds. The van der Waals surface area contributed by atoms with Crippen LogP contribution < -0.4 is 0 Å². The molecule has 0 fully saturated rings. The molecule has 0 aliphatic carbocycles. The zero-order valence-corrected chi connectivity index (χ0v) is 12.3. The first-order valence-electron chi connectivity index (χ1n) is 6.89. The third kappa shape index (κ3) is 5.90. The molecule has 0 spiro atoms. The summed E-state index contributed by atoms with van der Waals surface area (Å²) in [4.78, 5) is 0. The molecule has 0 bridgehead atoms. The number of hydrogen-bond acceptors (Lipinski definition) is 0. The predicted molar refractivity (Wildman–Crippen MR) is 74.4 cm³/mol. The fourth-order valence-corrected chi connectivity index (χ4v) is 4.03. The van der Waals surface area contributed by atoms with E-state index >= 15 is 0 Å². The summed E-state index contributed by atoms with van der Waals surface area (Å²) in [5.74, 6) is 0.751. The molecule has 16 heavy (non-hydrogen) atoms. The zero-order chi connectivity index (χ0) is 11.6. The van der Waals surface area contributed by atoms with Crippen LogP contribution in [0.25, 0.3) is 0 Å². The fraction of sp³-hybridized carbons (Fsp3) is 0.600. The van der Waals surface area contributed by atoms with Gasteiger partial charge >= 0.3 is 20.4 Å². The van der Waals surface area contributed by atoms with Crippen LogP contribution in [0.1, 0.15) is 51.0 Å². The number of rotatable bonds is 8. The molecule has 0 N–H and O–H groups in total. The van der Waals surface area contributed by atoms with Crippen LogP contribution in [-0.2, 0) is 0 Å². The largest absolute Gasteiger partial charge is 0.364 e. The van der Waals surface area contributed by atoms with Crippen molar-refractivity contribution in [2.75, 3.05) is 0 Å². The second-order valence-electron chi connectivity index (χ2n) is 4.87. The van der Waals surface area contributed by atoms with E-state index < -0.39 is 0 Å². The molecule has 1 aromatic carbocycles. The Bertz CT molecular complexity index is 255. The van der Waals surface area contributed by atoms with Gasteiger partial charge in [0.1, 0.15) is 0 Å². The highest BCUT2D eigenvalue weighted by molar-refractivity contribution is 6.35. The molecule has 0 saturated heterocycles. The summed E-state index contributed by atoms with van der Waals surface area (Å²) < 4.78 is 3.12. The maximum atomic E-state index is 2.36. The Morgan fingerprint density at radius 1 is 1.06 bits per heavy atom. The van der Waals surface area contributed by atoms with Crippen molar-refractivity contribution in [1.82, 2.24) is 0 Å². The maximum absolute atomic E-state index is 2.36. The summed E-state index contributed by atoms with van der Waals surface area (Å²) in [5, 5.41) is 0. The van der Waals surface area contributed by atoms with Gasteiger partial charge in [0.25, 0.3) is 0 Å². The van der Waals surface area contributed by atoms with Crippen LogP contribution in [0.4, 0.5) is 0 Å². The summed E-state index contributed by atoms with van der Waals surface area (Å²) in [6.07, 6.45) is 5.68. The summed E-state index contributed by atoms with van der Waals surface area (Å²) in [5.41, 5.74) is 1.51. The van der Waals surface area contributed by atoms with Gasteiger partial charge in [-0.2, -0.15) is 0 Å². The molecule has 0 aromatic heterocycles. The molecule has 0 aliphatic heterocycles. The first kappa shape index (κ1) is 14.0. The standard InChI is InChI=1S/C11H15.C4H9.Mg/c1-3-7-10(2)11-8-5-4-6-9-11;1-3-4-2;/h4-6,8-10H,1,3,7H2,2H3;1,3-4H2,2H3;. The highest BCUT2D eigenvalue weighted by atomic mass is 24.5. The topological polar surface area (TPSA) is 0 Å². The summed E-state index contributed by atoms with van der Waals surface area (Å²) in [7, 11) is 0. The normalized spacial score (nSPS) is 12.1. The van der Waals surface area contributed by atoms with Crippen molar-refractivity contribution in [2.45, 2.75) is 54.5 Å². The van der Waals surface area contributed by atoms with Gasteiger partial charge in [-0.3, -0.25) is 0 Å². The van der Waals surface area contributed by atoms with Crippen LogP contribution in [0, 0.1) is 0 Å².